The zero-order valence-electron chi connectivity index (χ0n) is 15.8. The number of hydrogen-bond acceptors (Lipinski definition) is 5. The van der Waals surface area contributed by atoms with E-state index in [-0.39, 0.29) is 24.0 Å². The van der Waals surface area contributed by atoms with Gasteiger partial charge in [0.25, 0.3) is 0 Å². The van der Waals surface area contributed by atoms with Crippen LogP contribution in [0.2, 0.25) is 0 Å². The van der Waals surface area contributed by atoms with E-state index in [4.69, 9.17) is 18.9 Å². The highest BCUT2D eigenvalue weighted by atomic mass is 127. The molecule has 0 saturated carbocycles. The molecule has 9 heteroatoms. The molecule has 7 nitrogen and oxygen atoms in total. The summed E-state index contributed by atoms with van der Waals surface area (Å²) < 4.78 is 21.9. The summed E-state index contributed by atoms with van der Waals surface area (Å²) >= 11 is 3.50. The van der Waals surface area contributed by atoms with Crippen LogP contribution >= 0.6 is 39.9 Å². The topological polar surface area (TPSA) is 73.3 Å². The van der Waals surface area contributed by atoms with Gasteiger partial charge >= 0.3 is 0 Å². The van der Waals surface area contributed by atoms with Crippen molar-refractivity contribution in [2.24, 2.45) is 4.99 Å². The van der Waals surface area contributed by atoms with E-state index in [0.29, 0.717) is 37.9 Å². The Balaban J connectivity index is 0.00000625. The number of hydrogen-bond donors (Lipinski definition) is 2. The molecule has 1 rings (SSSR count). The fourth-order valence-electron chi connectivity index (χ4n) is 2.11. The highest BCUT2D eigenvalue weighted by Gasteiger charge is 2.10. The first-order valence-electron chi connectivity index (χ1n) is 8.07. The lowest BCUT2D eigenvalue weighted by Gasteiger charge is -2.14. The molecule has 0 unspecified atom stereocenters. The van der Waals surface area contributed by atoms with Crippen molar-refractivity contribution in [3.05, 3.63) is 22.2 Å². The van der Waals surface area contributed by atoms with Gasteiger partial charge in [0.2, 0.25) is 0 Å². The summed E-state index contributed by atoms with van der Waals surface area (Å²) in [6, 6.07) is 3.93. The van der Waals surface area contributed by atoms with Crippen LogP contribution in [0.5, 0.6) is 11.5 Å². The number of nitrogens with one attached hydrogen (secondary N) is 2. The predicted octanol–water partition coefficient (Wildman–Crippen LogP) is 2.80. The van der Waals surface area contributed by atoms with E-state index in [0.717, 1.165) is 29.0 Å². The lowest BCUT2D eigenvalue weighted by atomic mass is 10.2. The van der Waals surface area contributed by atoms with Crippen molar-refractivity contribution < 1.29 is 18.9 Å². The van der Waals surface area contributed by atoms with E-state index >= 15 is 0 Å². The third-order valence-electron chi connectivity index (χ3n) is 3.37. The summed E-state index contributed by atoms with van der Waals surface area (Å²) in [6.45, 7) is 3.33. The molecule has 150 valence electrons. The molecular formula is C17H29BrIN3O4. The molecular weight excluding hydrogens is 517 g/mol. The first-order chi connectivity index (χ1) is 12.2. The summed E-state index contributed by atoms with van der Waals surface area (Å²) in [5, 5.41) is 6.53. The largest absolute Gasteiger partial charge is 0.493 e. The van der Waals surface area contributed by atoms with Gasteiger partial charge in [0.1, 0.15) is 0 Å². The van der Waals surface area contributed by atoms with Gasteiger partial charge in [0, 0.05) is 33.9 Å². The van der Waals surface area contributed by atoms with Gasteiger partial charge in [0.05, 0.1) is 31.9 Å². The van der Waals surface area contributed by atoms with Gasteiger partial charge in [-0.25, -0.2) is 0 Å². The van der Waals surface area contributed by atoms with Crippen LogP contribution in [0.1, 0.15) is 12.0 Å². The Morgan fingerprint density at radius 2 is 1.85 bits per heavy atom. The highest BCUT2D eigenvalue weighted by molar-refractivity contribution is 14.0. The quantitative estimate of drug-likeness (QED) is 0.193. The fourth-order valence-corrected chi connectivity index (χ4v) is 2.76. The first-order valence-corrected chi connectivity index (χ1v) is 8.87. The molecule has 0 amide bonds. The number of rotatable bonds is 11. The number of benzene rings is 1. The van der Waals surface area contributed by atoms with E-state index < -0.39 is 0 Å². The second kappa shape index (κ2) is 15.3. The van der Waals surface area contributed by atoms with Gasteiger partial charge < -0.3 is 29.6 Å². The molecule has 0 aromatic heterocycles. The second-order valence-corrected chi connectivity index (χ2v) is 5.98. The van der Waals surface area contributed by atoms with Crippen LogP contribution in [0.4, 0.5) is 0 Å². The van der Waals surface area contributed by atoms with Crippen molar-refractivity contribution in [1.82, 2.24) is 10.6 Å². The molecule has 0 aliphatic rings. The minimum Gasteiger partial charge on any atom is -0.493 e. The van der Waals surface area contributed by atoms with Crippen molar-refractivity contribution in [1.29, 1.82) is 0 Å². The van der Waals surface area contributed by atoms with Crippen molar-refractivity contribution in [2.45, 2.75) is 13.0 Å². The molecule has 2 N–H and O–H groups in total. The third-order valence-corrected chi connectivity index (χ3v) is 3.96. The Hall–Kier alpha value is -0.780. The maximum absolute atomic E-state index is 5.42. The van der Waals surface area contributed by atoms with Crippen molar-refractivity contribution >= 4 is 45.9 Å². The van der Waals surface area contributed by atoms with E-state index in [1.54, 1.807) is 28.4 Å². The first kappa shape index (κ1) is 25.2. The molecule has 26 heavy (non-hydrogen) atoms. The number of halogens is 2. The Bertz CT molecular complexity index is 547. The van der Waals surface area contributed by atoms with Gasteiger partial charge in [0.15, 0.2) is 17.5 Å². The zero-order chi connectivity index (χ0) is 18.5. The number of ether oxygens (including phenoxy) is 4. The summed E-state index contributed by atoms with van der Waals surface area (Å²) in [5.41, 5.74) is 1.05. The van der Waals surface area contributed by atoms with Gasteiger partial charge in [-0.3, -0.25) is 4.99 Å². The van der Waals surface area contributed by atoms with Crippen LogP contribution < -0.4 is 20.1 Å². The smallest absolute Gasteiger partial charge is 0.191 e. The highest BCUT2D eigenvalue weighted by Crippen LogP contribution is 2.36. The predicted molar refractivity (Wildman–Crippen MR) is 118 cm³/mol. The molecule has 0 aliphatic carbocycles. The second-order valence-electron chi connectivity index (χ2n) is 5.12. The Morgan fingerprint density at radius 3 is 2.46 bits per heavy atom. The lowest BCUT2D eigenvalue weighted by molar-refractivity contribution is 0.0698. The number of nitrogens with zero attached hydrogens (tertiary/aromatic N) is 1. The van der Waals surface area contributed by atoms with Crippen LogP contribution in [0.15, 0.2) is 21.6 Å². The lowest BCUT2D eigenvalue weighted by Crippen LogP contribution is -2.37. The molecule has 0 bridgehead atoms. The monoisotopic (exact) mass is 545 g/mol. The van der Waals surface area contributed by atoms with Crippen molar-refractivity contribution in [3.8, 4) is 11.5 Å². The van der Waals surface area contributed by atoms with Crippen molar-refractivity contribution in [2.75, 3.05) is 54.7 Å². The van der Waals surface area contributed by atoms with Gasteiger partial charge in [-0.2, -0.15) is 0 Å². The molecule has 0 atom stereocenters. The zero-order valence-corrected chi connectivity index (χ0v) is 19.7. The van der Waals surface area contributed by atoms with E-state index in [9.17, 15) is 0 Å². The molecule has 0 fully saturated rings. The molecule has 0 saturated heterocycles. The van der Waals surface area contributed by atoms with E-state index in [1.807, 2.05) is 12.1 Å². The standard InChI is InChI=1S/C17H28BrN3O4.HI/c1-19-17(20-6-5-7-25-9-8-22-2)21-12-13-10-14(18)16(24-4)15(11-13)23-3;/h10-11H,5-9,12H2,1-4H3,(H2,19,20,21);1H. The molecule has 0 radical (unpaired) electrons. The molecule has 0 aliphatic heterocycles. The maximum atomic E-state index is 5.42. The average molecular weight is 546 g/mol. The fraction of sp³-hybridized carbons (Fsp3) is 0.588. The van der Waals surface area contributed by atoms with Gasteiger partial charge in [-0.1, -0.05) is 0 Å². The molecule has 1 aromatic rings. The van der Waals surface area contributed by atoms with Crippen molar-refractivity contribution in [3.63, 3.8) is 0 Å². The number of guanidine groups is 1. The minimum atomic E-state index is 0. The van der Waals surface area contributed by atoms with Crippen LogP contribution in [0.25, 0.3) is 0 Å². The summed E-state index contributed by atoms with van der Waals surface area (Å²) in [4.78, 5) is 4.22. The van der Waals surface area contributed by atoms with E-state index in [2.05, 4.69) is 31.6 Å². The SMILES string of the molecule is CN=C(NCCCOCCOC)NCc1cc(Br)c(OC)c(OC)c1.I. The normalized spacial score (nSPS) is 10.9. The molecule has 0 spiro atoms. The Kier molecular flexibility index (Phi) is 14.8. The average Bonchev–Trinajstić information content (AvgIpc) is 2.62. The number of methoxy groups -OCH3 is 3. The Labute approximate surface area is 181 Å². The van der Waals surface area contributed by atoms with Crippen LogP contribution in [-0.2, 0) is 16.0 Å². The summed E-state index contributed by atoms with van der Waals surface area (Å²) in [6.07, 6.45) is 0.895. The summed E-state index contributed by atoms with van der Waals surface area (Å²) in [7, 11) is 6.65. The van der Waals surface area contributed by atoms with Crippen LogP contribution in [0, 0.1) is 0 Å². The van der Waals surface area contributed by atoms with Crippen LogP contribution in [0.3, 0.4) is 0 Å². The minimum absolute atomic E-state index is 0. The molecule has 0 heterocycles. The van der Waals surface area contributed by atoms with Gasteiger partial charge in [-0.15, -0.1) is 24.0 Å². The third kappa shape index (κ3) is 9.24. The van der Waals surface area contributed by atoms with E-state index in [1.165, 1.54) is 0 Å². The maximum Gasteiger partial charge on any atom is 0.191 e. The Morgan fingerprint density at radius 1 is 1.08 bits per heavy atom. The van der Waals surface area contributed by atoms with Crippen LogP contribution in [-0.4, -0.2) is 60.7 Å². The molecule has 1 aromatic carbocycles. The summed E-state index contributed by atoms with van der Waals surface area (Å²) in [5.74, 6) is 2.11. The number of aliphatic imine (C=N–C) groups is 1. The van der Waals surface area contributed by atoms with Gasteiger partial charge in [-0.05, 0) is 40.0 Å².